The largest absolute Gasteiger partial charge is 0.425 e. The van der Waals surface area contributed by atoms with Crippen molar-refractivity contribution in [3.8, 4) is 0 Å². The van der Waals surface area contributed by atoms with Crippen LogP contribution in [0.1, 0.15) is 15.3 Å². The van der Waals surface area contributed by atoms with Gasteiger partial charge in [0.15, 0.2) is 0 Å². The molecule has 0 fully saturated rings. The smallest absolute Gasteiger partial charge is 0.326 e. The standard InChI is InChI=1S/C7H8F3NS/c1-4-2-6(7(8,9)10)12-5(4)3-11/h2H,3,11H2,1H3. The fraction of sp³-hybridized carbons (Fsp3) is 0.429. The molecule has 0 aromatic carbocycles. The number of nitrogens with two attached hydrogens (primary N) is 1. The highest BCUT2D eigenvalue weighted by Gasteiger charge is 2.32. The topological polar surface area (TPSA) is 26.0 Å². The minimum Gasteiger partial charge on any atom is -0.326 e. The predicted octanol–water partition coefficient (Wildman–Crippen LogP) is 2.53. The van der Waals surface area contributed by atoms with Crippen molar-refractivity contribution in [3.05, 3.63) is 21.4 Å². The molecule has 0 aliphatic carbocycles. The summed E-state index contributed by atoms with van der Waals surface area (Å²) in [6.45, 7) is 1.81. The summed E-state index contributed by atoms with van der Waals surface area (Å²) in [7, 11) is 0. The maximum atomic E-state index is 12.1. The lowest BCUT2D eigenvalue weighted by Crippen LogP contribution is -2.00. The van der Waals surface area contributed by atoms with E-state index >= 15 is 0 Å². The van der Waals surface area contributed by atoms with Crippen LogP contribution in [0.5, 0.6) is 0 Å². The van der Waals surface area contributed by atoms with Crippen molar-refractivity contribution in [3.63, 3.8) is 0 Å². The number of hydrogen-bond acceptors (Lipinski definition) is 2. The van der Waals surface area contributed by atoms with E-state index in [1.807, 2.05) is 0 Å². The number of alkyl halides is 3. The molecule has 0 saturated carbocycles. The van der Waals surface area contributed by atoms with Crippen molar-refractivity contribution in [1.82, 2.24) is 0 Å². The van der Waals surface area contributed by atoms with Crippen LogP contribution in [-0.2, 0) is 12.7 Å². The second kappa shape index (κ2) is 3.06. The number of aryl methyl sites for hydroxylation is 1. The number of thiophene rings is 1. The molecule has 1 aromatic rings. The van der Waals surface area contributed by atoms with Gasteiger partial charge in [0.1, 0.15) is 4.88 Å². The normalized spacial score (nSPS) is 12.1. The van der Waals surface area contributed by atoms with Gasteiger partial charge >= 0.3 is 6.18 Å². The van der Waals surface area contributed by atoms with Gasteiger partial charge in [0.05, 0.1) is 0 Å². The van der Waals surface area contributed by atoms with E-state index in [4.69, 9.17) is 5.73 Å². The predicted molar refractivity (Wildman–Crippen MR) is 41.9 cm³/mol. The Morgan fingerprint density at radius 3 is 2.33 bits per heavy atom. The molecule has 0 spiro atoms. The molecule has 12 heavy (non-hydrogen) atoms. The van der Waals surface area contributed by atoms with Gasteiger partial charge in [-0.15, -0.1) is 11.3 Å². The molecule has 1 nitrogen and oxygen atoms in total. The minimum absolute atomic E-state index is 0.173. The van der Waals surface area contributed by atoms with Gasteiger partial charge in [0.2, 0.25) is 0 Å². The van der Waals surface area contributed by atoms with Crippen LogP contribution < -0.4 is 5.73 Å². The lowest BCUT2D eigenvalue weighted by Gasteiger charge is -2.00. The summed E-state index contributed by atoms with van der Waals surface area (Å²) >= 11 is 0.716. The van der Waals surface area contributed by atoms with Gasteiger partial charge in [0, 0.05) is 11.4 Å². The lowest BCUT2D eigenvalue weighted by atomic mass is 10.2. The van der Waals surface area contributed by atoms with E-state index in [1.165, 1.54) is 0 Å². The first kappa shape index (κ1) is 9.54. The zero-order chi connectivity index (χ0) is 9.35. The Kier molecular flexibility index (Phi) is 2.44. The summed E-state index contributed by atoms with van der Waals surface area (Å²) in [5.41, 5.74) is 5.87. The first-order valence-corrected chi connectivity index (χ1v) is 4.13. The third-order valence-corrected chi connectivity index (χ3v) is 2.79. The van der Waals surface area contributed by atoms with Crippen LogP contribution in [0.4, 0.5) is 13.2 Å². The highest BCUT2D eigenvalue weighted by atomic mass is 32.1. The molecule has 5 heteroatoms. The van der Waals surface area contributed by atoms with Crippen molar-refractivity contribution in [2.45, 2.75) is 19.6 Å². The van der Waals surface area contributed by atoms with Crippen molar-refractivity contribution in [2.24, 2.45) is 5.73 Å². The first-order valence-electron chi connectivity index (χ1n) is 3.31. The molecule has 0 aliphatic heterocycles. The van der Waals surface area contributed by atoms with E-state index in [9.17, 15) is 13.2 Å². The van der Waals surface area contributed by atoms with Gasteiger partial charge in [-0.3, -0.25) is 0 Å². The lowest BCUT2D eigenvalue weighted by molar-refractivity contribution is -0.134. The second-order valence-electron chi connectivity index (χ2n) is 2.42. The highest BCUT2D eigenvalue weighted by molar-refractivity contribution is 7.12. The Bertz CT molecular complexity index is 277. The van der Waals surface area contributed by atoms with E-state index in [-0.39, 0.29) is 6.54 Å². The number of rotatable bonds is 1. The van der Waals surface area contributed by atoms with Gasteiger partial charge in [0.25, 0.3) is 0 Å². The van der Waals surface area contributed by atoms with Gasteiger partial charge in [-0.2, -0.15) is 13.2 Å². The zero-order valence-electron chi connectivity index (χ0n) is 6.40. The molecule has 1 heterocycles. The second-order valence-corrected chi connectivity index (χ2v) is 3.56. The van der Waals surface area contributed by atoms with Crippen LogP contribution >= 0.6 is 11.3 Å². The van der Waals surface area contributed by atoms with Crippen LogP contribution in [-0.4, -0.2) is 0 Å². The summed E-state index contributed by atoms with van der Waals surface area (Å²) < 4.78 is 36.3. The van der Waals surface area contributed by atoms with Gasteiger partial charge in [-0.05, 0) is 18.6 Å². The summed E-state index contributed by atoms with van der Waals surface area (Å²) in [6, 6.07) is 1.13. The van der Waals surface area contributed by atoms with Crippen molar-refractivity contribution in [1.29, 1.82) is 0 Å². The Labute approximate surface area is 72.0 Å². The van der Waals surface area contributed by atoms with Gasteiger partial charge < -0.3 is 5.73 Å². The molecular formula is C7H8F3NS. The summed E-state index contributed by atoms with van der Waals surface area (Å²) in [5, 5.41) is 0. The zero-order valence-corrected chi connectivity index (χ0v) is 7.22. The summed E-state index contributed by atoms with van der Waals surface area (Å²) in [4.78, 5) is 0.0303. The molecule has 1 rings (SSSR count). The number of halogens is 3. The van der Waals surface area contributed by atoms with E-state index in [0.29, 0.717) is 21.8 Å². The van der Waals surface area contributed by atoms with Crippen molar-refractivity contribution in [2.75, 3.05) is 0 Å². The van der Waals surface area contributed by atoms with E-state index in [0.717, 1.165) is 6.07 Å². The van der Waals surface area contributed by atoms with Gasteiger partial charge in [-0.25, -0.2) is 0 Å². The first-order chi connectivity index (χ1) is 5.45. The Morgan fingerprint density at radius 1 is 1.50 bits per heavy atom. The van der Waals surface area contributed by atoms with Gasteiger partial charge in [-0.1, -0.05) is 0 Å². The minimum atomic E-state index is -4.23. The van der Waals surface area contributed by atoms with E-state index < -0.39 is 11.1 Å². The van der Waals surface area contributed by atoms with E-state index in [2.05, 4.69) is 0 Å². The third-order valence-electron chi connectivity index (χ3n) is 1.49. The monoisotopic (exact) mass is 195 g/mol. The summed E-state index contributed by atoms with van der Waals surface area (Å²) in [6.07, 6.45) is -4.23. The molecule has 2 N–H and O–H groups in total. The SMILES string of the molecule is Cc1cc(C(F)(F)F)sc1CN. The fourth-order valence-corrected chi connectivity index (χ4v) is 1.78. The molecule has 0 radical (unpaired) electrons. The van der Waals surface area contributed by atoms with Crippen molar-refractivity contribution < 1.29 is 13.2 Å². The molecule has 0 amide bonds. The average Bonchev–Trinajstić information content (AvgIpc) is 2.29. The maximum Gasteiger partial charge on any atom is 0.425 e. The van der Waals surface area contributed by atoms with Crippen LogP contribution in [0, 0.1) is 6.92 Å². The molecule has 0 atom stereocenters. The highest BCUT2D eigenvalue weighted by Crippen LogP contribution is 2.36. The van der Waals surface area contributed by atoms with Crippen molar-refractivity contribution >= 4 is 11.3 Å². The Balaban J connectivity index is 3.05. The van der Waals surface area contributed by atoms with Crippen LogP contribution in [0.15, 0.2) is 6.07 Å². The molecule has 0 unspecified atom stereocenters. The summed E-state index contributed by atoms with van der Waals surface area (Å²) in [5.74, 6) is 0. The fourth-order valence-electron chi connectivity index (χ4n) is 0.862. The molecule has 0 aliphatic rings. The Morgan fingerprint density at radius 2 is 2.08 bits per heavy atom. The van der Waals surface area contributed by atoms with Crippen LogP contribution in [0.3, 0.4) is 0 Å². The molecule has 1 aromatic heterocycles. The quantitative estimate of drug-likeness (QED) is 0.732. The van der Waals surface area contributed by atoms with E-state index in [1.54, 1.807) is 6.92 Å². The average molecular weight is 195 g/mol. The molecule has 68 valence electrons. The molecular weight excluding hydrogens is 187 g/mol. The molecule has 0 bridgehead atoms. The third kappa shape index (κ3) is 1.78. The molecule has 0 saturated heterocycles. The van der Waals surface area contributed by atoms with Crippen LogP contribution in [0.25, 0.3) is 0 Å². The Hall–Kier alpha value is -0.550. The number of hydrogen-bond donors (Lipinski definition) is 1. The van der Waals surface area contributed by atoms with Crippen LogP contribution in [0.2, 0.25) is 0 Å². The maximum absolute atomic E-state index is 12.1.